The van der Waals surface area contributed by atoms with Crippen LogP contribution in [0.5, 0.6) is 5.75 Å². The molecule has 0 fully saturated rings. The zero-order valence-electron chi connectivity index (χ0n) is 10.5. The van der Waals surface area contributed by atoms with E-state index in [1.54, 1.807) is 36.4 Å². The van der Waals surface area contributed by atoms with Gasteiger partial charge in [0.2, 0.25) is 10.0 Å². The number of ether oxygens (including phenoxy) is 1. The lowest BCUT2D eigenvalue weighted by molar-refractivity contribution is 0.112. The van der Waals surface area contributed by atoms with E-state index in [-0.39, 0.29) is 4.90 Å². The van der Waals surface area contributed by atoms with Gasteiger partial charge in [0.1, 0.15) is 18.6 Å². The quantitative estimate of drug-likeness (QED) is 0.850. The van der Waals surface area contributed by atoms with Gasteiger partial charge in [-0.15, -0.1) is 0 Å². The second kappa shape index (κ2) is 5.85. The molecule has 0 amide bonds. The van der Waals surface area contributed by atoms with E-state index in [1.165, 1.54) is 12.1 Å². The van der Waals surface area contributed by atoms with E-state index in [0.29, 0.717) is 17.9 Å². The van der Waals surface area contributed by atoms with E-state index in [0.717, 1.165) is 11.8 Å². The molecule has 104 valence electrons. The normalized spacial score (nSPS) is 11.1. The Kier molecular flexibility index (Phi) is 4.16. The number of hydrogen-bond acceptors (Lipinski definition) is 4. The highest BCUT2D eigenvalue weighted by Gasteiger charge is 2.06. The van der Waals surface area contributed by atoms with Gasteiger partial charge in [0, 0.05) is 5.56 Å². The molecule has 0 atom stereocenters. The molecule has 0 aliphatic heterocycles. The molecular weight excluding hydrogens is 278 g/mol. The lowest BCUT2D eigenvalue weighted by Crippen LogP contribution is -2.12. The van der Waals surface area contributed by atoms with E-state index in [9.17, 15) is 13.2 Å². The van der Waals surface area contributed by atoms with Crippen molar-refractivity contribution in [1.82, 2.24) is 0 Å². The topological polar surface area (TPSA) is 86.5 Å². The Morgan fingerprint density at radius 2 is 1.60 bits per heavy atom. The summed E-state index contributed by atoms with van der Waals surface area (Å²) in [6.07, 6.45) is 0.760. The molecule has 6 heteroatoms. The average Bonchev–Trinajstić information content (AvgIpc) is 2.45. The zero-order chi connectivity index (χ0) is 14.6. The highest BCUT2D eigenvalue weighted by molar-refractivity contribution is 7.89. The van der Waals surface area contributed by atoms with Gasteiger partial charge < -0.3 is 4.74 Å². The van der Waals surface area contributed by atoms with E-state index in [2.05, 4.69) is 0 Å². The van der Waals surface area contributed by atoms with Crippen LogP contribution in [0.3, 0.4) is 0 Å². The second-order valence-corrected chi connectivity index (χ2v) is 5.73. The fourth-order valence-electron chi connectivity index (χ4n) is 1.58. The maximum absolute atomic E-state index is 11.1. The van der Waals surface area contributed by atoms with Crippen molar-refractivity contribution >= 4 is 16.3 Å². The third kappa shape index (κ3) is 3.66. The minimum atomic E-state index is -3.67. The summed E-state index contributed by atoms with van der Waals surface area (Å²) in [4.78, 5) is 10.6. The monoisotopic (exact) mass is 291 g/mol. The second-order valence-electron chi connectivity index (χ2n) is 4.16. The highest BCUT2D eigenvalue weighted by Crippen LogP contribution is 2.14. The molecule has 0 spiro atoms. The minimum Gasteiger partial charge on any atom is -0.489 e. The first kappa shape index (κ1) is 14.2. The predicted molar refractivity (Wildman–Crippen MR) is 74.0 cm³/mol. The van der Waals surface area contributed by atoms with Crippen LogP contribution in [0.2, 0.25) is 0 Å². The average molecular weight is 291 g/mol. The molecule has 0 heterocycles. The van der Waals surface area contributed by atoms with Crippen molar-refractivity contribution < 1.29 is 17.9 Å². The summed E-state index contributed by atoms with van der Waals surface area (Å²) in [7, 11) is -3.67. The summed E-state index contributed by atoms with van der Waals surface area (Å²) in [6, 6.07) is 12.9. The van der Waals surface area contributed by atoms with Crippen LogP contribution >= 0.6 is 0 Å². The molecule has 0 aliphatic carbocycles. The summed E-state index contributed by atoms with van der Waals surface area (Å²) < 4.78 is 27.7. The molecule has 0 radical (unpaired) electrons. The third-order valence-electron chi connectivity index (χ3n) is 2.67. The smallest absolute Gasteiger partial charge is 0.238 e. The van der Waals surface area contributed by atoms with Gasteiger partial charge in [-0.05, 0) is 42.0 Å². The summed E-state index contributed by atoms with van der Waals surface area (Å²) in [5, 5.41) is 5.01. The first-order chi connectivity index (χ1) is 9.49. The Labute approximate surface area is 117 Å². The lowest BCUT2D eigenvalue weighted by Gasteiger charge is -2.07. The van der Waals surface area contributed by atoms with E-state index in [4.69, 9.17) is 9.88 Å². The first-order valence-corrected chi connectivity index (χ1v) is 7.33. The Morgan fingerprint density at radius 3 is 2.10 bits per heavy atom. The SMILES string of the molecule is NS(=O)(=O)c1ccc(COc2ccc(C=O)cc2)cc1. The van der Waals surface area contributed by atoms with Crippen LogP contribution in [0, 0.1) is 0 Å². The standard InChI is InChI=1S/C14H13NO4S/c15-20(17,18)14-7-3-12(4-8-14)10-19-13-5-1-11(9-16)2-6-13/h1-9H,10H2,(H2,15,17,18). The number of rotatable bonds is 5. The van der Waals surface area contributed by atoms with Crippen molar-refractivity contribution in [2.24, 2.45) is 5.14 Å². The molecule has 0 aliphatic rings. The predicted octanol–water partition coefficient (Wildman–Crippen LogP) is 1.73. The Hall–Kier alpha value is -2.18. The van der Waals surface area contributed by atoms with E-state index >= 15 is 0 Å². The van der Waals surface area contributed by atoms with E-state index < -0.39 is 10.0 Å². The molecule has 5 nitrogen and oxygen atoms in total. The first-order valence-electron chi connectivity index (χ1n) is 5.79. The largest absolute Gasteiger partial charge is 0.489 e. The van der Waals surface area contributed by atoms with Crippen molar-refractivity contribution in [3.8, 4) is 5.75 Å². The van der Waals surface area contributed by atoms with Crippen LogP contribution in [0.25, 0.3) is 0 Å². The van der Waals surface area contributed by atoms with Crippen molar-refractivity contribution in [1.29, 1.82) is 0 Å². The van der Waals surface area contributed by atoms with Crippen LogP contribution < -0.4 is 9.88 Å². The molecule has 2 rings (SSSR count). The summed E-state index contributed by atoms with van der Waals surface area (Å²) in [5.74, 6) is 0.631. The number of sulfonamides is 1. The summed E-state index contributed by atoms with van der Waals surface area (Å²) in [6.45, 7) is 0.297. The third-order valence-corrected chi connectivity index (χ3v) is 3.60. The molecule has 0 bridgehead atoms. The molecule has 2 aromatic rings. The van der Waals surface area contributed by atoms with Crippen LogP contribution in [-0.4, -0.2) is 14.7 Å². The van der Waals surface area contributed by atoms with Gasteiger partial charge >= 0.3 is 0 Å². The van der Waals surface area contributed by atoms with Gasteiger partial charge in [-0.2, -0.15) is 0 Å². The van der Waals surface area contributed by atoms with Gasteiger partial charge in [-0.1, -0.05) is 12.1 Å². The fourth-order valence-corrected chi connectivity index (χ4v) is 2.10. The van der Waals surface area contributed by atoms with Crippen molar-refractivity contribution in [3.63, 3.8) is 0 Å². The molecule has 0 saturated heterocycles. The number of aldehydes is 1. The molecule has 0 saturated carbocycles. The molecular formula is C14H13NO4S. The van der Waals surface area contributed by atoms with Gasteiger partial charge in [-0.3, -0.25) is 4.79 Å². The minimum absolute atomic E-state index is 0.0663. The van der Waals surface area contributed by atoms with Crippen molar-refractivity contribution in [2.45, 2.75) is 11.5 Å². The fraction of sp³-hybridized carbons (Fsp3) is 0.0714. The summed E-state index contributed by atoms with van der Waals surface area (Å²) >= 11 is 0. The molecule has 0 aromatic heterocycles. The van der Waals surface area contributed by atoms with E-state index in [1.807, 2.05) is 0 Å². The van der Waals surface area contributed by atoms with Gasteiger partial charge in [0.15, 0.2) is 0 Å². The molecule has 2 N–H and O–H groups in total. The number of hydrogen-bond donors (Lipinski definition) is 1. The molecule has 0 unspecified atom stereocenters. The van der Waals surface area contributed by atoms with Crippen LogP contribution in [0.15, 0.2) is 53.4 Å². The maximum Gasteiger partial charge on any atom is 0.238 e. The van der Waals surface area contributed by atoms with Gasteiger partial charge in [-0.25, -0.2) is 13.6 Å². The number of nitrogens with two attached hydrogens (primary N) is 1. The Morgan fingerprint density at radius 1 is 1.00 bits per heavy atom. The van der Waals surface area contributed by atoms with Crippen LogP contribution in [0.4, 0.5) is 0 Å². The Bertz CT molecular complexity index is 691. The van der Waals surface area contributed by atoms with Gasteiger partial charge in [0.25, 0.3) is 0 Å². The van der Waals surface area contributed by atoms with Gasteiger partial charge in [0.05, 0.1) is 4.90 Å². The summed E-state index contributed by atoms with van der Waals surface area (Å²) in [5.41, 5.74) is 1.40. The number of carbonyl (C=O) groups excluding carboxylic acids is 1. The Balaban J connectivity index is 2.01. The van der Waals surface area contributed by atoms with Crippen LogP contribution in [0.1, 0.15) is 15.9 Å². The molecule has 2 aromatic carbocycles. The van der Waals surface area contributed by atoms with Crippen LogP contribution in [-0.2, 0) is 16.6 Å². The zero-order valence-corrected chi connectivity index (χ0v) is 11.3. The molecule has 20 heavy (non-hydrogen) atoms. The highest BCUT2D eigenvalue weighted by atomic mass is 32.2. The maximum atomic E-state index is 11.1. The van der Waals surface area contributed by atoms with Crippen molar-refractivity contribution in [2.75, 3.05) is 0 Å². The number of primary sulfonamides is 1. The van der Waals surface area contributed by atoms with Crippen molar-refractivity contribution in [3.05, 3.63) is 59.7 Å². The number of carbonyl (C=O) groups is 1. The number of benzene rings is 2. The lowest BCUT2D eigenvalue weighted by atomic mass is 10.2.